The number of ether oxygens (including phenoxy) is 2. The van der Waals surface area contributed by atoms with Crippen LogP contribution in [0.25, 0.3) is 0 Å². The normalized spacial score (nSPS) is 15.5. The van der Waals surface area contributed by atoms with Crippen LogP contribution in [0.5, 0.6) is 11.5 Å². The smallest absolute Gasteiger partial charge is 0.284 e. The Labute approximate surface area is 186 Å². The van der Waals surface area contributed by atoms with Gasteiger partial charge in [-0.05, 0) is 41.3 Å². The summed E-state index contributed by atoms with van der Waals surface area (Å²) >= 11 is 1.42. The Hall–Kier alpha value is -3.32. The number of anilines is 1. The Morgan fingerprint density at radius 2 is 1.87 bits per heavy atom. The molecule has 0 spiro atoms. The molecule has 1 aromatic heterocycles. The van der Waals surface area contributed by atoms with Crippen molar-refractivity contribution in [1.82, 2.24) is 5.01 Å². The predicted molar refractivity (Wildman–Crippen MR) is 125 cm³/mol. The molecule has 1 amide bonds. The topological polar surface area (TPSA) is 54.4 Å². The number of methoxy groups -OCH3 is 2. The van der Waals surface area contributed by atoms with Crippen LogP contribution in [0.2, 0.25) is 0 Å². The van der Waals surface area contributed by atoms with Crippen molar-refractivity contribution in [2.24, 2.45) is 5.10 Å². The molecule has 4 rings (SSSR count). The van der Waals surface area contributed by atoms with E-state index in [2.05, 4.69) is 29.2 Å². The fourth-order valence-electron chi connectivity index (χ4n) is 3.66. The average Bonchev–Trinajstić information content (AvgIpc) is 3.49. The molecular weight excluding hydrogens is 410 g/mol. The van der Waals surface area contributed by atoms with Crippen molar-refractivity contribution in [2.45, 2.75) is 12.5 Å². The van der Waals surface area contributed by atoms with E-state index in [1.54, 1.807) is 19.2 Å². The van der Waals surface area contributed by atoms with Crippen LogP contribution in [0, 0.1) is 0 Å². The van der Waals surface area contributed by atoms with Crippen molar-refractivity contribution in [3.63, 3.8) is 0 Å². The minimum atomic E-state index is -0.187. The number of rotatable bonds is 6. The highest BCUT2D eigenvalue weighted by Crippen LogP contribution is 2.37. The third kappa shape index (κ3) is 4.14. The van der Waals surface area contributed by atoms with Crippen LogP contribution < -0.4 is 14.4 Å². The summed E-state index contributed by atoms with van der Waals surface area (Å²) in [6.07, 6.45) is 0.598. The van der Waals surface area contributed by atoms with E-state index in [0.29, 0.717) is 22.8 Å². The fourth-order valence-corrected chi connectivity index (χ4v) is 4.32. The number of nitrogens with zero attached hydrogens (tertiary/aromatic N) is 3. The molecule has 0 aliphatic carbocycles. The highest BCUT2D eigenvalue weighted by molar-refractivity contribution is 7.12. The van der Waals surface area contributed by atoms with Gasteiger partial charge in [-0.15, -0.1) is 11.3 Å². The molecule has 2 aromatic carbocycles. The van der Waals surface area contributed by atoms with Gasteiger partial charge in [0, 0.05) is 37.8 Å². The van der Waals surface area contributed by atoms with Gasteiger partial charge in [-0.2, -0.15) is 5.10 Å². The second-order valence-corrected chi connectivity index (χ2v) is 8.39. The van der Waals surface area contributed by atoms with Crippen molar-refractivity contribution in [3.05, 3.63) is 76.0 Å². The fraction of sp³-hybridized carbons (Fsp3) is 0.250. The minimum absolute atomic E-state index is 0.0980. The Bertz CT molecular complexity index is 1090. The van der Waals surface area contributed by atoms with Gasteiger partial charge in [0.05, 0.1) is 30.9 Å². The molecule has 6 nitrogen and oxygen atoms in total. The van der Waals surface area contributed by atoms with Crippen molar-refractivity contribution in [3.8, 4) is 11.5 Å². The molecule has 1 aliphatic heterocycles. The number of carbonyl (C=O) groups excluding carboxylic acids is 1. The van der Waals surface area contributed by atoms with Gasteiger partial charge in [0.25, 0.3) is 5.91 Å². The molecule has 3 aromatic rings. The molecule has 31 heavy (non-hydrogen) atoms. The highest BCUT2D eigenvalue weighted by Gasteiger charge is 2.35. The maximum Gasteiger partial charge on any atom is 0.284 e. The third-order valence-electron chi connectivity index (χ3n) is 5.36. The van der Waals surface area contributed by atoms with E-state index < -0.39 is 0 Å². The average molecular weight is 436 g/mol. The quantitative estimate of drug-likeness (QED) is 0.557. The number of hydrogen-bond acceptors (Lipinski definition) is 6. The molecule has 160 valence electrons. The van der Waals surface area contributed by atoms with E-state index in [4.69, 9.17) is 14.6 Å². The van der Waals surface area contributed by atoms with Gasteiger partial charge in [0.1, 0.15) is 11.5 Å². The number of carbonyl (C=O) groups is 1. The first-order valence-corrected chi connectivity index (χ1v) is 10.8. The highest BCUT2D eigenvalue weighted by atomic mass is 32.1. The molecule has 1 aliphatic rings. The molecule has 0 radical (unpaired) electrons. The summed E-state index contributed by atoms with van der Waals surface area (Å²) in [7, 11) is 7.26. The summed E-state index contributed by atoms with van der Waals surface area (Å²) in [5.74, 6) is 1.28. The summed E-state index contributed by atoms with van der Waals surface area (Å²) in [5.41, 5.74) is 3.82. The van der Waals surface area contributed by atoms with Crippen LogP contribution in [0.4, 0.5) is 5.69 Å². The molecule has 1 atom stereocenters. The van der Waals surface area contributed by atoms with Crippen LogP contribution in [-0.4, -0.2) is 44.9 Å². The predicted octanol–water partition coefficient (Wildman–Crippen LogP) is 4.82. The largest absolute Gasteiger partial charge is 0.497 e. The molecule has 7 heteroatoms. The van der Waals surface area contributed by atoms with Crippen molar-refractivity contribution >= 4 is 28.6 Å². The lowest BCUT2D eigenvalue weighted by molar-refractivity contribution is 0.0716. The van der Waals surface area contributed by atoms with Crippen molar-refractivity contribution in [1.29, 1.82) is 0 Å². The molecule has 0 saturated heterocycles. The zero-order valence-electron chi connectivity index (χ0n) is 18.0. The summed E-state index contributed by atoms with van der Waals surface area (Å²) in [4.78, 5) is 16.0. The number of benzene rings is 2. The van der Waals surface area contributed by atoms with Gasteiger partial charge >= 0.3 is 0 Å². The van der Waals surface area contributed by atoms with E-state index >= 15 is 0 Å². The molecular formula is C24H25N3O3S. The van der Waals surface area contributed by atoms with Gasteiger partial charge in [0.2, 0.25) is 0 Å². The second-order valence-electron chi connectivity index (χ2n) is 7.45. The monoisotopic (exact) mass is 435 g/mol. The minimum Gasteiger partial charge on any atom is -0.497 e. The lowest BCUT2D eigenvalue weighted by Crippen LogP contribution is -2.26. The van der Waals surface area contributed by atoms with E-state index in [9.17, 15) is 4.79 Å². The van der Waals surface area contributed by atoms with Crippen LogP contribution in [-0.2, 0) is 0 Å². The number of amides is 1. The van der Waals surface area contributed by atoms with Gasteiger partial charge < -0.3 is 14.4 Å². The molecule has 0 fully saturated rings. The van der Waals surface area contributed by atoms with Crippen LogP contribution in [0.15, 0.2) is 65.1 Å². The summed E-state index contributed by atoms with van der Waals surface area (Å²) < 4.78 is 10.9. The molecule has 0 N–H and O–H groups in total. The van der Waals surface area contributed by atoms with E-state index in [1.807, 2.05) is 49.8 Å². The van der Waals surface area contributed by atoms with E-state index in [-0.39, 0.29) is 11.9 Å². The lowest BCUT2D eigenvalue weighted by Gasteiger charge is -2.22. The first-order chi connectivity index (χ1) is 15.0. The van der Waals surface area contributed by atoms with E-state index in [1.165, 1.54) is 11.3 Å². The summed E-state index contributed by atoms with van der Waals surface area (Å²) in [5, 5.41) is 8.28. The third-order valence-corrected chi connectivity index (χ3v) is 6.22. The molecule has 0 unspecified atom stereocenters. The van der Waals surface area contributed by atoms with Gasteiger partial charge in [0.15, 0.2) is 0 Å². The lowest BCUT2D eigenvalue weighted by atomic mass is 9.97. The molecule has 0 saturated carbocycles. The number of thiophene rings is 1. The Balaban J connectivity index is 1.73. The standard InChI is InChI=1S/C24H25N3O3S/c1-26(2)17-9-7-16(8-10-17)21-15-20(19-12-11-18(29-3)14-22(19)30-4)25-27(21)24(28)23-6-5-13-31-23/h5-14,21H,15H2,1-4H3/t21-/m1/s1. The Kier molecular flexibility index (Phi) is 5.95. The van der Waals surface area contributed by atoms with Crippen LogP contribution in [0.1, 0.15) is 33.3 Å². The first kappa shape index (κ1) is 20.9. The maximum atomic E-state index is 13.3. The van der Waals surface area contributed by atoms with Crippen molar-refractivity contribution in [2.75, 3.05) is 33.2 Å². The summed E-state index contributed by atoms with van der Waals surface area (Å²) in [6, 6.07) is 17.4. The Morgan fingerprint density at radius 3 is 2.48 bits per heavy atom. The van der Waals surface area contributed by atoms with Gasteiger partial charge in [-0.1, -0.05) is 18.2 Å². The molecule has 0 bridgehead atoms. The van der Waals surface area contributed by atoms with E-state index in [0.717, 1.165) is 22.5 Å². The number of hydrazone groups is 1. The summed E-state index contributed by atoms with van der Waals surface area (Å²) in [6.45, 7) is 0. The molecule has 2 heterocycles. The second kappa shape index (κ2) is 8.81. The van der Waals surface area contributed by atoms with Crippen LogP contribution in [0.3, 0.4) is 0 Å². The Morgan fingerprint density at radius 1 is 1.10 bits per heavy atom. The zero-order chi connectivity index (χ0) is 22.0. The van der Waals surface area contributed by atoms with Gasteiger partial charge in [-0.3, -0.25) is 4.79 Å². The maximum absolute atomic E-state index is 13.3. The van der Waals surface area contributed by atoms with Crippen molar-refractivity contribution < 1.29 is 14.3 Å². The number of hydrogen-bond donors (Lipinski definition) is 0. The van der Waals surface area contributed by atoms with Crippen LogP contribution >= 0.6 is 11.3 Å². The zero-order valence-corrected chi connectivity index (χ0v) is 18.8. The first-order valence-electron chi connectivity index (χ1n) is 9.96. The SMILES string of the molecule is COc1ccc(C2=NN(C(=O)c3cccs3)[C@@H](c3ccc(N(C)C)cc3)C2)c(OC)c1. The van der Waals surface area contributed by atoms with Gasteiger partial charge in [-0.25, -0.2) is 5.01 Å².